The first kappa shape index (κ1) is 9.97. The standard InChI is InChI=1S/C12H14N2O/c13-8-10-4-1-2-6-12(10)15-11-5-3-7-14-9-11/h3,5,7,9-10,12H,1-2,4,6H2. The molecular formula is C12H14N2O. The SMILES string of the molecule is N#CC1CCCCC1Oc1cccnc1. The van der Waals surface area contributed by atoms with Crippen molar-refractivity contribution in [3.8, 4) is 11.8 Å². The molecular weight excluding hydrogens is 188 g/mol. The van der Waals surface area contributed by atoms with Crippen LogP contribution < -0.4 is 4.74 Å². The quantitative estimate of drug-likeness (QED) is 0.740. The van der Waals surface area contributed by atoms with E-state index in [9.17, 15) is 0 Å². The van der Waals surface area contributed by atoms with E-state index >= 15 is 0 Å². The van der Waals surface area contributed by atoms with Gasteiger partial charge in [-0.2, -0.15) is 5.26 Å². The lowest BCUT2D eigenvalue weighted by molar-refractivity contribution is 0.119. The maximum Gasteiger partial charge on any atom is 0.138 e. The Kier molecular flexibility index (Phi) is 3.18. The molecule has 3 nitrogen and oxygen atoms in total. The van der Waals surface area contributed by atoms with Gasteiger partial charge in [0.15, 0.2) is 0 Å². The molecule has 3 heteroatoms. The van der Waals surface area contributed by atoms with Gasteiger partial charge in [-0.3, -0.25) is 4.98 Å². The fourth-order valence-electron chi connectivity index (χ4n) is 1.98. The van der Waals surface area contributed by atoms with E-state index in [0.717, 1.165) is 31.4 Å². The van der Waals surface area contributed by atoms with Crippen molar-refractivity contribution in [1.29, 1.82) is 5.26 Å². The average molecular weight is 202 g/mol. The molecule has 0 saturated heterocycles. The third-order valence-electron chi connectivity index (χ3n) is 2.79. The Morgan fingerprint density at radius 1 is 1.40 bits per heavy atom. The van der Waals surface area contributed by atoms with E-state index in [1.54, 1.807) is 12.4 Å². The molecule has 0 bridgehead atoms. The Morgan fingerprint density at radius 3 is 3.00 bits per heavy atom. The lowest BCUT2D eigenvalue weighted by Crippen LogP contribution is -2.29. The first-order valence-electron chi connectivity index (χ1n) is 5.36. The van der Waals surface area contributed by atoms with Crippen molar-refractivity contribution in [2.75, 3.05) is 0 Å². The van der Waals surface area contributed by atoms with Crippen molar-refractivity contribution in [2.24, 2.45) is 5.92 Å². The van der Waals surface area contributed by atoms with Gasteiger partial charge in [-0.25, -0.2) is 0 Å². The zero-order valence-corrected chi connectivity index (χ0v) is 8.60. The lowest BCUT2D eigenvalue weighted by Gasteiger charge is -2.27. The van der Waals surface area contributed by atoms with Crippen LogP contribution in [0.4, 0.5) is 0 Å². The summed E-state index contributed by atoms with van der Waals surface area (Å²) in [5, 5.41) is 8.99. The number of aromatic nitrogens is 1. The summed E-state index contributed by atoms with van der Waals surface area (Å²) in [5.41, 5.74) is 0. The van der Waals surface area contributed by atoms with Crippen molar-refractivity contribution in [3.63, 3.8) is 0 Å². The highest BCUT2D eigenvalue weighted by Crippen LogP contribution is 2.27. The van der Waals surface area contributed by atoms with Crippen LogP contribution >= 0.6 is 0 Å². The minimum atomic E-state index is 0.0407. The second-order valence-electron chi connectivity index (χ2n) is 3.87. The van der Waals surface area contributed by atoms with Crippen LogP contribution in [0.5, 0.6) is 5.75 Å². The number of hydrogen-bond donors (Lipinski definition) is 0. The molecule has 1 saturated carbocycles. The van der Waals surface area contributed by atoms with E-state index in [2.05, 4.69) is 11.1 Å². The van der Waals surface area contributed by atoms with Gasteiger partial charge < -0.3 is 4.74 Å². The maximum absolute atomic E-state index is 8.99. The second-order valence-corrected chi connectivity index (χ2v) is 3.87. The summed E-state index contributed by atoms with van der Waals surface area (Å²) in [6, 6.07) is 6.06. The molecule has 0 radical (unpaired) electrons. The molecule has 78 valence electrons. The monoisotopic (exact) mass is 202 g/mol. The molecule has 1 aliphatic carbocycles. The predicted molar refractivity (Wildman–Crippen MR) is 56.2 cm³/mol. The fourth-order valence-corrected chi connectivity index (χ4v) is 1.98. The summed E-state index contributed by atoms with van der Waals surface area (Å²) >= 11 is 0. The molecule has 2 rings (SSSR count). The highest BCUT2D eigenvalue weighted by atomic mass is 16.5. The van der Waals surface area contributed by atoms with Crippen molar-refractivity contribution in [2.45, 2.75) is 31.8 Å². The summed E-state index contributed by atoms with van der Waals surface area (Å²) in [4.78, 5) is 3.99. The molecule has 0 amide bonds. The zero-order chi connectivity index (χ0) is 10.5. The number of hydrogen-bond acceptors (Lipinski definition) is 3. The van der Waals surface area contributed by atoms with E-state index in [4.69, 9.17) is 10.00 Å². The number of rotatable bonds is 2. The Bertz CT molecular complexity index is 344. The van der Waals surface area contributed by atoms with Crippen LogP contribution in [0.1, 0.15) is 25.7 Å². The van der Waals surface area contributed by atoms with Crippen LogP contribution in [0, 0.1) is 17.2 Å². The van der Waals surface area contributed by atoms with Crippen LogP contribution in [0.15, 0.2) is 24.5 Å². The summed E-state index contributed by atoms with van der Waals surface area (Å²) in [6.07, 6.45) is 7.70. The summed E-state index contributed by atoms with van der Waals surface area (Å²) in [6.45, 7) is 0. The minimum absolute atomic E-state index is 0.0407. The van der Waals surface area contributed by atoms with E-state index < -0.39 is 0 Å². The zero-order valence-electron chi connectivity index (χ0n) is 8.60. The van der Waals surface area contributed by atoms with E-state index in [1.807, 2.05) is 12.1 Å². The number of nitrogens with zero attached hydrogens (tertiary/aromatic N) is 2. The van der Waals surface area contributed by atoms with Crippen LogP contribution in [-0.4, -0.2) is 11.1 Å². The molecule has 2 atom stereocenters. The van der Waals surface area contributed by atoms with Crippen LogP contribution in [0.3, 0.4) is 0 Å². The molecule has 0 spiro atoms. The maximum atomic E-state index is 8.99. The first-order valence-corrected chi connectivity index (χ1v) is 5.36. The molecule has 1 fully saturated rings. The Balaban J connectivity index is 2.01. The Hall–Kier alpha value is -1.56. The number of ether oxygens (including phenoxy) is 1. The van der Waals surface area contributed by atoms with Crippen LogP contribution in [-0.2, 0) is 0 Å². The van der Waals surface area contributed by atoms with Gasteiger partial charge in [-0.15, -0.1) is 0 Å². The van der Waals surface area contributed by atoms with Gasteiger partial charge >= 0.3 is 0 Å². The van der Waals surface area contributed by atoms with Crippen molar-refractivity contribution >= 4 is 0 Å². The predicted octanol–water partition coefficient (Wildman–Crippen LogP) is 2.54. The summed E-state index contributed by atoms with van der Waals surface area (Å²) < 4.78 is 5.77. The Morgan fingerprint density at radius 2 is 2.27 bits per heavy atom. The Labute approximate surface area is 89.7 Å². The molecule has 0 aromatic carbocycles. The highest BCUT2D eigenvalue weighted by Gasteiger charge is 2.26. The van der Waals surface area contributed by atoms with Crippen LogP contribution in [0.25, 0.3) is 0 Å². The lowest BCUT2D eigenvalue weighted by atomic mass is 9.87. The van der Waals surface area contributed by atoms with Crippen molar-refractivity contribution in [1.82, 2.24) is 4.98 Å². The van der Waals surface area contributed by atoms with Gasteiger partial charge in [0, 0.05) is 6.20 Å². The highest BCUT2D eigenvalue weighted by molar-refractivity contribution is 5.16. The summed E-state index contributed by atoms with van der Waals surface area (Å²) in [7, 11) is 0. The van der Waals surface area contributed by atoms with Crippen LogP contribution in [0.2, 0.25) is 0 Å². The molecule has 2 unspecified atom stereocenters. The van der Waals surface area contributed by atoms with E-state index in [1.165, 1.54) is 0 Å². The first-order chi connectivity index (χ1) is 7.40. The minimum Gasteiger partial charge on any atom is -0.487 e. The number of pyridine rings is 1. The molecule has 15 heavy (non-hydrogen) atoms. The third kappa shape index (κ3) is 2.47. The molecule has 0 N–H and O–H groups in total. The van der Waals surface area contributed by atoms with E-state index in [0.29, 0.717) is 0 Å². The molecule has 1 heterocycles. The third-order valence-corrected chi connectivity index (χ3v) is 2.79. The van der Waals surface area contributed by atoms with E-state index in [-0.39, 0.29) is 12.0 Å². The van der Waals surface area contributed by atoms with Gasteiger partial charge in [-0.05, 0) is 31.4 Å². The van der Waals surface area contributed by atoms with Gasteiger partial charge in [0.1, 0.15) is 11.9 Å². The largest absolute Gasteiger partial charge is 0.487 e. The average Bonchev–Trinajstić information content (AvgIpc) is 2.31. The van der Waals surface area contributed by atoms with Gasteiger partial charge in [0.2, 0.25) is 0 Å². The van der Waals surface area contributed by atoms with Gasteiger partial charge in [0.05, 0.1) is 18.2 Å². The topological polar surface area (TPSA) is 45.9 Å². The van der Waals surface area contributed by atoms with Crippen molar-refractivity contribution < 1.29 is 4.74 Å². The molecule has 1 aromatic heterocycles. The van der Waals surface area contributed by atoms with Gasteiger partial charge in [0.25, 0.3) is 0 Å². The number of nitriles is 1. The van der Waals surface area contributed by atoms with Crippen molar-refractivity contribution in [3.05, 3.63) is 24.5 Å². The molecule has 1 aromatic rings. The molecule has 0 aliphatic heterocycles. The fraction of sp³-hybridized carbons (Fsp3) is 0.500. The molecule has 1 aliphatic rings. The summed E-state index contributed by atoms with van der Waals surface area (Å²) in [5.74, 6) is 0.809. The second kappa shape index (κ2) is 4.79. The normalized spacial score (nSPS) is 25.5. The van der Waals surface area contributed by atoms with Gasteiger partial charge in [-0.1, -0.05) is 6.42 Å². The smallest absolute Gasteiger partial charge is 0.138 e.